The minimum atomic E-state index is -4.23. The van der Waals surface area contributed by atoms with E-state index in [4.69, 9.17) is 0 Å². The van der Waals surface area contributed by atoms with Gasteiger partial charge in [-0.3, -0.25) is 0 Å². The van der Waals surface area contributed by atoms with Crippen molar-refractivity contribution in [3.8, 4) is 0 Å². The van der Waals surface area contributed by atoms with Crippen LogP contribution in [0.15, 0.2) is 41.6 Å². The van der Waals surface area contributed by atoms with E-state index < -0.39 is 5.51 Å². The maximum absolute atomic E-state index is 12.2. The fraction of sp³-hybridized carbons (Fsp3) is 0.500. The zero-order valence-electron chi connectivity index (χ0n) is 14.1. The van der Waals surface area contributed by atoms with Crippen LogP contribution in [0, 0.1) is 0 Å². The zero-order valence-corrected chi connectivity index (χ0v) is 16.5. The highest BCUT2D eigenvalue weighted by Crippen LogP contribution is 2.37. The van der Waals surface area contributed by atoms with Gasteiger partial charge in [-0.1, -0.05) is 29.8 Å². The number of halogens is 4. The molecule has 1 aromatic rings. The van der Waals surface area contributed by atoms with E-state index in [2.05, 4.69) is 34.7 Å². The third-order valence-corrected chi connectivity index (χ3v) is 3.56. The molecule has 0 aromatic heterocycles. The molecule has 7 heteroatoms. The van der Waals surface area contributed by atoms with Crippen molar-refractivity contribution in [1.29, 1.82) is 0 Å². The van der Waals surface area contributed by atoms with E-state index in [1.54, 1.807) is 12.1 Å². The Balaban J connectivity index is 0.00000112. The van der Waals surface area contributed by atoms with Crippen LogP contribution in [0.25, 0.3) is 0 Å². The molecule has 1 aliphatic heterocycles. The molecule has 2 nitrogen and oxygen atoms in total. The maximum Gasteiger partial charge on any atom is 0.446 e. The van der Waals surface area contributed by atoms with Gasteiger partial charge >= 0.3 is 5.51 Å². The van der Waals surface area contributed by atoms with E-state index >= 15 is 0 Å². The molecule has 1 aliphatic rings. The van der Waals surface area contributed by atoms with Gasteiger partial charge in [0.25, 0.3) is 0 Å². The number of alkyl halides is 4. The van der Waals surface area contributed by atoms with Gasteiger partial charge in [0.1, 0.15) is 0 Å². The summed E-state index contributed by atoms with van der Waals surface area (Å²) in [6, 6.07) is 6.82. The quantitative estimate of drug-likeness (QED) is 0.425. The lowest BCUT2D eigenvalue weighted by molar-refractivity contribution is -0.0328. The number of benzene rings is 1. The second kappa shape index (κ2) is 10.9. The molecule has 23 heavy (non-hydrogen) atoms. The van der Waals surface area contributed by atoms with Gasteiger partial charge in [-0.25, -0.2) is 0 Å². The van der Waals surface area contributed by atoms with E-state index in [0.29, 0.717) is 6.04 Å². The van der Waals surface area contributed by atoms with Crippen molar-refractivity contribution in [2.24, 2.45) is 0 Å². The van der Waals surface area contributed by atoms with Crippen molar-refractivity contribution < 1.29 is 13.2 Å². The first kappa shape index (κ1) is 22.2. The molecule has 1 heterocycles. The number of thioether (sulfide) groups is 1. The second-order valence-corrected chi connectivity index (χ2v) is 5.70. The summed E-state index contributed by atoms with van der Waals surface area (Å²) < 4.78 is 36.7. The third kappa shape index (κ3) is 8.01. The third-order valence-electron chi connectivity index (χ3n) is 2.82. The average Bonchev–Trinajstić information content (AvgIpc) is 3.01. The molecule has 0 aliphatic carbocycles. The highest BCUT2D eigenvalue weighted by molar-refractivity contribution is 9.08. The lowest BCUT2D eigenvalue weighted by Gasteiger charge is -2.24. The summed E-state index contributed by atoms with van der Waals surface area (Å²) in [5.74, 6) is 1.81. The van der Waals surface area contributed by atoms with E-state index in [1.165, 1.54) is 12.1 Å². The smallest absolute Gasteiger partial charge is 0.356 e. The number of rotatable bonds is 3. The summed E-state index contributed by atoms with van der Waals surface area (Å²) in [6.07, 6.45) is 3.93. The van der Waals surface area contributed by atoms with Crippen LogP contribution in [0.2, 0.25) is 0 Å². The first-order chi connectivity index (χ1) is 10.8. The molecule has 0 bridgehead atoms. The monoisotopic (exact) mass is 412 g/mol. The molecule has 0 unspecified atom stereocenters. The molecule has 0 saturated carbocycles. The highest BCUT2D eigenvalue weighted by Gasteiger charge is 2.29. The van der Waals surface area contributed by atoms with Crippen molar-refractivity contribution in [1.82, 2.24) is 4.90 Å². The van der Waals surface area contributed by atoms with Crippen molar-refractivity contribution in [3.05, 3.63) is 36.7 Å². The molecule has 132 valence electrons. The van der Waals surface area contributed by atoms with Gasteiger partial charge in [0.15, 0.2) is 0 Å². The van der Waals surface area contributed by atoms with Crippen LogP contribution in [-0.4, -0.2) is 29.0 Å². The predicted molar refractivity (Wildman–Crippen MR) is 98.0 cm³/mol. The van der Waals surface area contributed by atoms with Gasteiger partial charge in [0.2, 0.25) is 0 Å². The van der Waals surface area contributed by atoms with Crippen LogP contribution in [0.5, 0.6) is 0 Å². The summed E-state index contributed by atoms with van der Waals surface area (Å²) >= 11 is 2.85. The molecule has 0 spiro atoms. The molecule has 0 N–H and O–H groups in total. The number of hydrogen-bond acceptors (Lipinski definition) is 3. The maximum atomic E-state index is 12.2. The Morgan fingerprint density at radius 1 is 1.04 bits per heavy atom. The van der Waals surface area contributed by atoms with Crippen LogP contribution >= 0.6 is 27.7 Å². The zero-order chi connectivity index (χ0) is 18.0. The lowest BCUT2D eigenvalue weighted by atomic mass is 10.3. The Labute approximate surface area is 149 Å². The SMILES string of the molecule is CBr.CC.CC(C)N1C=CN(c2ccc(SC(F)(F)F)cc2)C1. The van der Waals surface area contributed by atoms with Crippen LogP contribution in [-0.2, 0) is 0 Å². The first-order valence-corrected chi connectivity index (χ1v) is 9.70. The average molecular weight is 413 g/mol. The summed E-state index contributed by atoms with van der Waals surface area (Å²) in [7, 11) is 0. The van der Waals surface area contributed by atoms with Gasteiger partial charge in [-0.2, -0.15) is 13.2 Å². The van der Waals surface area contributed by atoms with E-state index in [0.717, 1.165) is 12.4 Å². The molecule has 0 atom stereocenters. The summed E-state index contributed by atoms with van der Waals surface area (Å²) in [6.45, 7) is 8.91. The fourth-order valence-corrected chi connectivity index (χ4v) is 2.32. The van der Waals surface area contributed by atoms with Crippen molar-refractivity contribution in [2.75, 3.05) is 17.4 Å². The predicted octanol–water partition coefficient (Wildman–Crippen LogP) is 6.29. The molecule has 2 rings (SSSR count). The Morgan fingerprint density at radius 2 is 1.57 bits per heavy atom. The van der Waals surface area contributed by atoms with Gasteiger partial charge < -0.3 is 9.80 Å². The standard InChI is InChI=1S/C13H15F3N2S.C2H6.CH3Br/c1-10(2)17-7-8-18(9-17)11-3-5-12(6-4-11)19-13(14,15)16;2*1-2/h3-8,10H,9H2,1-2H3;1-2H3;1H3. The Morgan fingerprint density at radius 3 is 1.96 bits per heavy atom. The molecular formula is C16H24BrF3N2S. The van der Waals surface area contributed by atoms with Crippen LogP contribution < -0.4 is 4.90 Å². The van der Waals surface area contributed by atoms with Crippen molar-refractivity contribution in [2.45, 2.75) is 44.1 Å². The van der Waals surface area contributed by atoms with Crippen LogP contribution in [0.1, 0.15) is 27.7 Å². The summed E-state index contributed by atoms with van der Waals surface area (Å²) in [5, 5.41) is 0. The van der Waals surface area contributed by atoms with E-state index in [9.17, 15) is 13.2 Å². The van der Waals surface area contributed by atoms with E-state index in [1.807, 2.05) is 37.0 Å². The molecule has 0 radical (unpaired) electrons. The van der Waals surface area contributed by atoms with Gasteiger partial charge in [-0.15, -0.1) is 0 Å². The fourth-order valence-electron chi connectivity index (χ4n) is 1.78. The Hall–Kier alpha value is -0.820. The highest BCUT2D eigenvalue weighted by atomic mass is 79.9. The summed E-state index contributed by atoms with van der Waals surface area (Å²) in [4.78, 5) is 4.36. The molecular weight excluding hydrogens is 389 g/mol. The van der Waals surface area contributed by atoms with Crippen molar-refractivity contribution >= 4 is 33.4 Å². The normalized spacial score (nSPS) is 13.5. The molecule has 0 amide bonds. The Kier molecular flexibility index (Phi) is 10.5. The van der Waals surface area contributed by atoms with Gasteiger partial charge in [0, 0.05) is 29.0 Å². The first-order valence-electron chi connectivity index (χ1n) is 7.29. The topological polar surface area (TPSA) is 6.48 Å². The minimum absolute atomic E-state index is 0.0895. The Bertz CT molecular complexity index is 461. The van der Waals surface area contributed by atoms with Crippen molar-refractivity contribution in [3.63, 3.8) is 0 Å². The molecule has 1 aromatic carbocycles. The second-order valence-electron chi connectivity index (χ2n) is 4.56. The van der Waals surface area contributed by atoms with E-state index in [-0.39, 0.29) is 16.7 Å². The molecule has 0 fully saturated rings. The largest absolute Gasteiger partial charge is 0.446 e. The number of hydrogen-bond donors (Lipinski definition) is 0. The van der Waals surface area contributed by atoms with Crippen LogP contribution in [0.4, 0.5) is 18.9 Å². The van der Waals surface area contributed by atoms with Crippen LogP contribution in [0.3, 0.4) is 0 Å². The number of nitrogens with zero attached hydrogens (tertiary/aromatic N) is 2. The summed E-state index contributed by atoms with van der Waals surface area (Å²) in [5.41, 5.74) is -3.34. The van der Waals surface area contributed by atoms with Gasteiger partial charge in [0.05, 0.1) is 6.67 Å². The minimum Gasteiger partial charge on any atom is -0.356 e. The van der Waals surface area contributed by atoms with Gasteiger partial charge in [-0.05, 0) is 55.7 Å². The number of anilines is 1. The lowest BCUT2D eigenvalue weighted by Crippen LogP contribution is -2.30. The molecule has 0 saturated heterocycles.